The van der Waals surface area contributed by atoms with Crippen LogP contribution in [0, 0.1) is 11.7 Å². The minimum absolute atomic E-state index is 0.0253. The first-order valence-electron chi connectivity index (χ1n) is 12.6. The van der Waals surface area contributed by atoms with Crippen molar-refractivity contribution in [2.75, 3.05) is 13.6 Å². The summed E-state index contributed by atoms with van der Waals surface area (Å²) in [5.74, 6) is 0.758. The van der Waals surface area contributed by atoms with Gasteiger partial charge in [-0.05, 0) is 75.9 Å². The highest BCUT2D eigenvalue weighted by Gasteiger charge is 2.39. The standard InChI is InChI=1S/C27H35FN4O3/c1-18(29-2)26(33)31-25(19-7-4-3-5-8-19)27(34)32-16-6-9-24(32)23-17-22(14-15-30-23)35-21-12-10-20(28)11-13-21/h10-15,17-19,24-25,29H,3-9,16H2,1-2H3,(H,31,33). The second-order valence-electron chi connectivity index (χ2n) is 9.56. The number of benzene rings is 1. The fourth-order valence-corrected chi connectivity index (χ4v) is 5.09. The maximum atomic E-state index is 13.9. The van der Waals surface area contributed by atoms with Crippen molar-refractivity contribution in [2.24, 2.45) is 5.92 Å². The molecule has 1 aromatic carbocycles. The first-order chi connectivity index (χ1) is 17.0. The number of ether oxygens (including phenoxy) is 1. The highest BCUT2D eigenvalue weighted by molar-refractivity contribution is 5.90. The molecule has 3 unspecified atom stereocenters. The highest BCUT2D eigenvalue weighted by atomic mass is 19.1. The molecule has 1 saturated carbocycles. The van der Waals surface area contributed by atoms with E-state index in [1.165, 1.54) is 18.6 Å². The molecule has 1 saturated heterocycles. The third kappa shape index (κ3) is 6.17. The number of pyridine rings is 1. The minimum atomic E-state index is -0.530. The number of nitrogens with zero attached hydrogens (tertiary/aromatic N) is 2. The summed E-state index contributed by atoms with van der Waals surface area (Å²) < 4.78 is 19.1. The molecule has 2 fully saturated rings. The molecule has 4 rings (SSSR count). The Balaban J connectivity index is 1.53. The lowest BCUT2D eigenvalue weighted by molar-refractivity contribution is -0.139. The van der Waals surface area contributed by atoms with Crippen molar-refractivity contribution >= 4 is 11.8 Å². The SMILES string of the molecule is CNC(C)C(=O)NC(C(=O)N1CCCC1c1cc(Oc2ccc(F)cc2)ccn1)C1CCCCC1. The summed E-state index contributed by atoms with van der Waals surface area (Å²) in [6, 6.07) is 8.36. The van der Waals surface area contributed by atoms with Crippen molar-refractivity contribution in [1.29, 1.82) is 0 Å². The molecule has 8 heteroatoms. The fourth-order valence-electron chi connectivity index (χ4n) is 5.09. The average Bonchev–Trinajstić information content (AvgIpc) is 3.38. The zero-order valence-corrected chi connectivity index (χ0v) is 20.5. The van der Waals surface area contributed by atoms with Crippen molar-refractivity contribution in [3.63, 3.8) is 0 Å². The first-order valence-corrected chi connectivity index (χ1v) is 12.6. The molecule has 1 aliphatic carbocycles. The second-order valence-corrected chi connectivity index (χ2v) is 9.56. The van der Waals surface area contributed by atoms with Crippen molar-refractivity contribution in [3.8, 4) is 11.5 Å². The van der Waals surface area contributed by atoms with Crippen LogP contribution in [0.15, 0.2) is 42.6 Å². The van der Waals surface area contributed by atoms with Crippen LogP contribution in [0.4, 0.5) is 4.39 Å². The Morgan fingerprint density at radius 3 is 2.51 bits per heavy atom. The lowest BCUT2D eigenvalue weighted by Crippen LogP contribution is -2.55. The molecule has 0 spiro atoms. The number of rotatable bonds is 8. The molecule has 2 aromatic rings. The van der Waals surface area contributed by atoms with E-state index in [9.17, 15) is 14.0 Å². The van der Waals surface area contributed by atoms with Gasteiger partial charge in [-0.15, -0.1) is 0 Å². The Hall–Kier alpha value is -3.00. The van der Waals surface area contributed by atoms with Gasteiger partial charge < -0.3 is 20.3 Å². The van der Waals surface area contributed by atoms with Gasteiger partial charge in [0.15, 0.2) is 0 Å². The number of halogens is 1. The normalized spacial score (nSPS) is 20.3. The summed E-state index contributed by atoms with van der Waals surface area (Å²) in [6.07, 6.45) is 8.58. The summed E-state index contributed by atoms with van der Waals surface area (Å²) in [7, 11) is 1.74. The first kappa shape index (κ1) is 25.1. The maximum absolute atomic E-state index is 13.9. The van der Waals surface area contributed by atoms with Crippen LogP contribution in [-0.2, 0) is 9.59 Å². The number of likely N-dealkylation sites (N-methyl/N-ethyl adjacent to an activating group) is 1. The van der Waals surface area contributed by atoms with Gasteiger partial charge in [-0.3, -0.25) is 14.6 Å². The smallest absolute Gasteiger partial charge is 0.246 e. The lowest BCUT2D eigenvalue weighted by atomic mass is 9.83. The molecule has 1 aliphatic heterocycles. The summed E-state index contributed by atoms with van der Waals surface area (Å²) in [5.41, 5.74) is 0.757. The van der Waals surface area contributed by atoms with E-state index in [0.717, 1.165) is 44.2 Å². The van der Waals surface area contributed by atoms with Gasteiger partial charge in [0.1, 0.15) is 23.4 Å². The van der Waals surface area contributed by atoms with Gasteiger partial charge in [0.25, 0.3) is 0 Å². The molecule has 3 atom stereocenters. The predicted octanol–water partition coefficient (Wildman–Crippen LogP) is 4.35. The largest absolute Gasteiger partial charge is 0.457 e. The van der Waals surface area contributed by atoms with E-state index in [1.807, 2.05) is 11.0 Å². The van der Waals surface area contributed by atoms with Crippen molar-refractivity contribution < 1.29 is 18.7 Å². The highest BCUT2D eigenvalue weighted by Crippen LogP contribution is 2.35. The average molecular weight is 483 g/mol. The lowest BCUT2D eigenvalue weighted by Gasteiger charge is -2.35. The molecule has 0 bridgehead atoms. The Bertz CT molecular complexity index is 1010. The maximum Gasteiger partial charge on any atom is 0.246 e. The Kier molecular flexibility index (Phi) is 8.33. The molecule has 2 amide bonds. The number of carbonyl (C=O) groups is 2. The number of likely N-dealkylation sites (tertiary alicyclic amines) is 1. The number of aromatic nitrogens is 1. The zero-order chi connectivity index (χ0) is 24.8. The molecule has 35 heavy (non-hydrogen) atoms. The molecule has 1 aromatic heterocycles. The van der Waals surface area contributed by atoms with E-state index in [1.54, 1.807) is 38.4 Å². The molecule has 2 heterocycles. The minimum Gasteiger partial charge on any atom is -0.457 e. The molecule has 7 nitrogen and oxygen atoms in total. The van der Waals surface area contributed by atoms with Gasteiger partial charge >= 0.3 is 0 Å². The van der Waals surface area contributed by atoms with Crippen LogP contribution in [0.3, 0.4) is 0 Å². The van der Waals surface area contributed by atoms with Crippen LogP contribution in [0.2, 0.25) is 0 Å². The van der Waals surface area contributed by atoms with E-state index in [2.05, 4.69) is 15.6 Å². The van der Waals surface area contributed by atoms with Gasteiger partial charge in [0, 0.05) is 18.8 Å². The van der Waals surface area contributed by atoms with Crippen LogP contribution in [0.5, 0.6) is 11.5 Å². The third-order valence-corrected chi connectivity index (χ3v) is 7.19. The number of carbonyl (C=O) groups excluding carboxylic acids is 2. The molecule has 2 aliphatic rings. The van der Waals surface area contributed by atoms with Gasteiger partial charge in [-0.2, -0.15) is 0 Å². The van der Waals surface area contributed by atoms with Crippen LogP contribution in [0.1, 0.15) is 63.6 Å². The van der Waals surface area contributed by atoms with Gasteiger partial charge in [-0.1, -0.05) is 19.3 Å². The Morgan fingerprint density at radius 1 is 1.06 bits per heavy atom. The number of amides is 2. The fraction of sp³-hybridized carbons (Fsp3) is 0.519. The quantitative estimate of drug-likeness (QED) is 0.585. The predicted molar refractivity (Wildman–Crippen MR) is 131 cm³/mol. The second kappa shape index (κ2) is 11.6. The van der Waals surface area contributed by atoms with Gasteiger partial charge in [-0.25, -0.2) is 4.39 Å². The Morgan fingerprint density at radius 2 is 1.80 bits per heavy atom. The Labute approximate surface area is 206 Å². The van der Waals surface area contributed by atoms with E-state index >= 15 is 0 Å². The number of nitrogens with one attached hydrogen (secondary N) is 2. The number of hydrogen-bond donors (Lipinski definition) is 2. The summed E-state index contributed by atoms with van der Waals surface area (Å²) in [4.78, 5) is 33.1. The van der Waals surface area contributed by atoms with E-state index in [4.69, 9.17) is 4.74 Å². The molecular formula is C27H35FN4O3. The van der Waals surface area contributed by atoms with Crippen molar-refractivity contribution in [1.82, 2.24) is 20.5 Å². The molecule has 2 N–H and O–H groups in total. The van der Waals surface area contributed by atoms with E-state index in [-0.39, 0.29) is 35.6 Å². The van der Waals surface area contributed by atoms with Gasteiger partial charge in [0.05, 0.1) is 17.8 Å². The molecular weight excluding hydrogens is 447 g/mol. The van der Waals surface area contributed by atoms with Crippen LogP contribution < -0.4 is 15.4 Å². The topological polar surface area (TPSA) is 83.6 Å². The molecule has 188 valence electrons. The monoisotopic (exact) mass is 482 g/mol. The summed E-state index contributed by atoms with van der Waals surface area (Å²) in [6.45, 7) is 2.43. The van der Waals surface area contributed by atoms with Crippen molar-refractivity contribution in [2.45, 2.75) is 70.0 Å². The zero-order valence-electron chi connectivity index (χ0n) is 20.5. The van der Waals surface area contributed by atoms with Crippen LogP contribution in [0.25, 0.3) is 0 Å². The van der Waals surface area contributed by atoms with E-state index in [0.29, 0.717) is 18.0 Å². The summed E-state index contributed by atoms with van der Waals surface area (Å²) >= 11 is 0. The third-order valence-electron chi connectivity index (χ3n) is 7.19. The van der Waals surface area contributed by atoms with Crippen LogP contribution >= 0.6 is 0 Å². The molecule has 0 radical (unpaired) electrons. The number of hydrogen-bond acceptors (Lipinski definition) is 5. The van der Waals surface area contributed by atoms with Crippen LogP contribution in [-0.4, -0.2) is 47.4 Å². The van der Waals surface area contributed by atoms with E-state index < -0.39 is 6.04 Å². The van der Waals surface area contributed by atoms with Gasteiger partial charge in [0.2, 0.25) is 11.8 Å². The summed E-state index contributed by atoms with van der Waals surface area (Å²) in [5, 5.41) is 6.03. The van der Waals surface area contributed by atoms with Crippen molar-refractivity contribution in [3.05, 3.63) is 54.1 Å².